The molecular formula is C28H25FN2O3. The molecule has 0 aliphatic rings. The first-order valence-electron chi connectivity index (χ1n) is 11.0. The highest BCUT2D eigenvalue weighted by Gasteiger charge is 2.14. The molecule has 0 radical (unpaired) electrons. The van der Waals surface area contributed by atoms with E-state index in [9.17, 15) is 14.0 Å². The first kappa shape index (κ1) is 23.1. The third-order valence-electron chi connectivity index (χ3n) is 5.57. The van der Waals surface area contributed by atoms with E-state index in [0.29, 0.717) is 29.0 Å². The fourth-order valence-electron chi connectivity index (χ4n) is 3.75. The summed E-state index contributed by atoms with van der Waals surface area (Å²) in [5.41, 5.74) is 4.42. The average molecular weight is 457 g/mol. The summed E-state index contributed by atoms with van der Waals surface area (Å²) < 4.78 is 19.7. The van der Waals surface area contributed by atoms with Gasteiger partial charge in [0.2, 0.25) is 0 Å². The molecule has 0 bridgehead atoms. The highest BCUT2D eigenvalue weighted by molar-refractivity contribution is 5.80. The number of carbonyl (C=O) groups excluding carboxylic acids is 1. The maximum Gasteiger partial charge on any atom is 0.270 e. The minimum atomic E-state index is -0.359. The van der Waals surface area contributed by atoms with Gasteiger partial charge in [0.25, 0.3) is 5.56 Å². The van der Waals surface area contributed by atoms with Gasteiger partial charge in [-0.3, -0.25) is 9.59 Å². The summed E-state index contributed by atoms with van der Waals surface area (Å²) in [6.07, 6.45) is 0.470. The van der Waals surface area contributed by atoms with Gasteiger partial charge in [-0.05, 0) is 48.4 Å². The second-order valence-electron chi connectivity index (χ2n) is 8.25. The van der Waals surface area contributed by atoms with E-state index < -0.39 is 0 Å². The summed E-state index contributed by atoms with van der Waals surface area (Å²) in [5, 5.41) is 4.50. The zero-order chi connectivity index (χ0) is 24.1. The molecule has 0 unspecified atom stereocenters. The van der Waals surface area contributed by atoms with Gasteiger partial charge in [-0.15, -0.1) is 0 Å². The van der Waals surface area contributed by atoms with E-state index in [1.165, 1.54) is 16.8 Å². The number of benzene rings is 3. The number of methoxy groups -OCH3 is 1. The van der Waals surface area contributed by atoms with E-state index >= 15 is 0 Å². The third-order valence-corrected chi connectivity index (χ3v) is 5.57. The fourth-order valence-corrected chi connectivity index (χ4v) is 3.75. The van der Waals surface area contributed by atoms with Gasteiger partial charge in [-0.1, -0.05) is 54.1 Å². The molecule has 0 spiro atoms. The number of hydrogen-bond donors (Lipinski definition) is 0. The lowest BCUT2D eigenvalue weighted by Crippen LogP contribution is -2.30. The number of nitrogens with zero attached hydrogens (tertiary/aromatic N) is 2. The summed E-state index contributed by atoms with van der Waals surface area (Å²) in [5.74, 6) is 0.164. The van der Waals surface area contributed by atoms with Crippen LogP contribution < -0.4 is 10.3 Å². The number of hydrogen-bond acceptors (Lipinski definition) is 4. The number of rotatable bonds is 8. The highest BCUT2D eigenvalue weighted by Crippen LogP contribution is 2.20. The average Bonchev–Trinajstić information content (AvgIpc) is 2.83. The van der Waals surface area contributed by atoms with Gasteiger partial charge in [0.15, 0.2) is 5.78 Å². The molecule has 1 aromatic heterocycles. The second-order valence-corrected chi connectivity index (χ2v) is 8.25. The summed E-state index contributed by atoms with van der Waals surface area (Å²) >= 11 is 0. The summed E-state index contributed by atoms with van der Waals surface area (Å²) in [6, 6.07) is 22.9. The zero-order valence-electron chi connectivity index (χ0n) is 19.1. The molecule has 172 valence electrons. The van der Waals surface area contributed by atoms with Gasteiger partial charge < -0.3 is 4.74 Å². The Morgan fingerprint density at radius 1 is 0.971 bits per heavy atom. The molecule has 0 fully saturated rings. The van der Waals surface area contributed by atoms with Crippen LogP contribution in [0.15, 0.2) is 83.7 Å². The first-order chi connectivity index (χ1) is 16.4. The number of carbonyl (C=O) groups is 1. The Labute approximate surface area is 197 Å². The first-order valence-corrected chi connectivity index (χ1v) is 11.0. The molecule has 0 saturated carbocycles. The Balaban J connectivity index is 1.68. The molecule has 5 nitrogen and oxygen atoms in total. The number of aryl methyl sites for hydroxylation is 1. The molecule has 4 rings (SSSR count). The molecule has 0 saturated heterocycles. The third kappa shape index (κ3) is 5.64. The van der Waals surface area contributed by atoms with Crippen molar-refractivity contribution >= 4 is 5.78 Å². The van der Waals surface area contributed by atoms with Crippen molar-refractivity contribution in [3.8, 4) is 17.0 Å². The van der Waals surface area contributed by atoms with Crippen molar-refractivity contribution in [2.75, 3.05) is 7.11 Å². The Morgan fingerprint density at radius 2 is 1.71 bits per heavy atom. The summed E-state index contributed by atoms with van der Waals surface area (Å²) in [4.78, 5) is 26.0. The summed E-state index contributed by atoms with van der Waals surface area (Å²) in [7, 11) is 1.60. The Hall–Kier alpha value is -4.06. The van der Waals surface area contributed by atoms with Crippen molar-refractivity contribution < 1.29 is 13.9 Å². The van der Waals surface area contributed by atoms with Crippen molar-refractivity contribution in [1.29, 1.82) is 0 Å². The Morgan fingerprint density at radius 3 is 2.41 bits per heavy atom. The topological polar surface area (TPSA) is 61.2 Å². The van der Waals surface area contributed by atoms with Crippen LogP contribution in [0.3, 0.4) is 0 Å². The van der Waals surface area contributed by atoms with Crippen molar-refractivity contribution in [2.45, 2.75) is 26.3 Å². The Kier molecular flexibility index (Phi) is 6.97. The molecule has 4 aromatic rings. The number of ketones is 1. The van der Waals surface area contributed by atoms with Crippen LogP contribution in [0, 0.1) is 12.7 Å². The molecule has 34 heavy (non-hydrogen) atoms. The molecule has 0 aliphatic heterocycles. The predicted molar refractivity (Wildman–Crippen MR) is 130 cm³/mol. The second kappa shape index (κ2) is 10.3. The van der Waals surface area contributed by atoms with Crippen LogP contribution in [0.1, 0.15) is 22.3 Å². The monoisotopic (exact) mass is 456 g/mol. The van der Waals surface area contributed by atoms with Gasteiger partial charge in [-0.25, -0.2) is 9.07 Å². The normalized spacial score (nSPS) is 10.8. The standard InChI is InChI=1S/C28H25FN2O3/c1-19-6-10-22(11-7-19)27-17-23(14-21-4-3-5-26(16-21)34-2)28(33)31(30-27)18-25(32)15-20-8-12-24(29)13-9-20/h3-13,16-17H,14-15,18H2,1-2H3. The lowest BCUT2D eigenvalue weighted by atomic mass is 10.0. The number of halogens is 1. The zero-order valence-corrected chi connectivity index (χ0v) is 19.1. The maximum absolute atomic E-state index is 13.3. The lowest BCUT2D eigenvalue weighted by molar-refractivity contribution is -0.119. The number of ether oxygens (including phenoxy) is 1. The van der Waals surface area contributed by atoms with Crippen LogP contribution in [0.4, 0.5) is 4.39 Å². The molecule has 1 heterocycles. The molecule has 3 aromatic carbocycles. The van der Waals surface area contributed by atoms with E-state index in [4.69, 9.17) is 4.74 Å². The molecule has 0 aliphatic carbocycles. The molecule has 0 atom stereocenters. The minimum Gasteiger partial charge on any atom is -0.497 e. The van der Waals surface area contributed by atoms with Crippen molar-refractivity contribution in [1.82, 2.24) is 9.78 Å². The highest BCUT2D eigenvalue weighted by atomic mass is 19.1. The van der Waals surface area contributed by atoms with Gasteiger partial charge in [0, 0.05) is 24.0 Å². The molecular weight excluding hydrogens is 431 g/mol. The van der Waals surface area contributed by atoms with E-state index in [1.807, 2.05) is 55.5 Å². The molecule has 6 heteroatoms. The van der Waals surface area contributed by atoms with Crippen LogP contribution >= 0.6 is 0 Å². The van der Waals surface area contributed by atoms with Crippen LogP contribution in [0.2, 0.25) is 0 Å². The number of aromatic nitrogens is 2. The van der Waals surface area contributed by atoms with Crippen molar-refractivity contribution in [3.63, 3.8) is 0 Å². The van der Waals surface area contributed by atoms with Crippen molar-refractivity contribution in [3.05, 3.63) is 117 Å². The van der Waals surface area contributed by atoms with Crippen molar-refractivity contribution in [2.24, 2.45) is 0 Å². The van der Waals surface area contributed by atoms with Gasteiger partial charge in [-0.2, -0.15) is 5.10 Å². The van der Waals surface area contributed by atoms with E-state index in [2.05, 4.69) is 5.10 Å². The van der Waals surface area contributed by atoms with Gasteiger partial charge in [0.1, 0.15) is 18.1 Å². The molecule has 0 amide bonds. The van der Waals surface area contributed by atoms with Crippen LogP contribution in [0.25, 0.3) is 11.3 Å². The van der Waals surface area contributed by atoms with E-state index in [1.54, 1.807) is 25.3 Å². The van der Waals surface area contributed by atoms with Gasteiger partial charge >= 0.3 is 0 Å². The minimum absolute atomic E-state index is 0.0916. The lowest BCUT2D eigenvalue weighted by Gasteiger charge is -2.12. The van der Waals surface area contributed by atoms with Crippen LogP contribution in [-0.2, 0) is 24.2 Å². The van der Waals surface area contributed by atoms with Crippen LogP contribution in [0.5, 0.6) is 5.75 Å². The quantitative estimate of drug-likeness (QED) is 0.383. The SMILES string of the molecule is COc1cccc(Cc2cc(-c3ccc(C)cc3)nn(CC(=O)Cc3ccc(F)cc3)c2=O)c1. The maximum atomic E-state index is 13.3. The number of Topliss-reactive ketones (excluding diaryl/α,β-unsaturated/α-hetero) is 1. The summed E-state index contributed by atoms with van der Waals surface area (Å²) in [6.45, 7) is 1.83. The predicted octanol–water partition coefficient (Wildman–Crippen LogP) is 4.77. The van der Waals surface area contributed by atoms with Crippen LogP contribution in [-0.4, -0.2) is 22.7 Å². The molecule has 0 N–H and O–H groups in total. The van der Waals surface area contributed by atoms with E-state index in [0.717, 1.165) is 16.7 Å². The van der Waals surface area contributed by atoms with E-state index in [-0.39, 0.29) is 30.1 Å². The fraction of sp³-hybridized carbons (Fsp3) is 0.179. The van der Waals surface area contributed by atoms with Gasteiger partial charge in [0.05, 0.1) is 12.8 Å². The smallest absolute Gasteiger partial charge is 0.270 e. The Bertz CT molecular complexity index is 1360. The largest absolute Gasteiger partial charge is 0.497 e.